The summed E-state index contributed by atoms with van der Waals surface area (Å²) < 4.78 is 3.67. The molecule has 0 bridgehead atoms. The Bertz CT molecular complexity index is 1250. The minimum absolute atomic E-state index is 0.0352. The Morgan fingerprint density at radius 3 is 2.59 bits per heavy atom. The Kier molecular flexibility index (Phi) is 6.20. The molecule has 1 N–H and O–H groups in total. The number of likely N-dealkylation sites (tertiary alicyclic amines) is 1. The number of carbonyl (C=O) groups is 2. The first-order valence-corrected chi connectivity index (χ1v) is 11.4. The highest BCUT2D eigenvalue weighted by molar-refractivity contribution is 5.97. The van der Waals surface area contributed by atoms with Gasteiger partial charge in [0.05, 0.1) is 17.8 Å². The van der Waals surface area contributed by atoms with E-state index in [9.17, 15) is 9.59 Å². The molecule has 172 valence electrons. The third-order valence-electron chi connectivity index (χ3n) is 6.09. The maximum absolute atomic E-state index is 13.6. The third kappa shape index (κ3) is 4.47. The van der Waals surface area contributed by atoms with Crippen LogP contribution in [0.4, 0.5) is 0 Å². The van der Waals surface area contributed by atoms with E-state index < -0.39 is 0 Å². The molecule has 8 heteroatoms. The van der Waals surface area contributed by atoms with Crippen LogP contribution in [-0.2, 0) is 11.3 Å². The first kappa shape index (κ1) is 21.6. The maximum Gasteiger partial charge on any atom is 0.259 e. The molecule has 34 heavy (non-hydrogen) atoms. The molecule has 0 saturated carbocycles. The van der Waals surface area contributed by atoms with Gasteiger partial charge in [-0.3, -0.25) is 14.6 Å². The van der Waals surface area contributed by atoms with Gasteiger partial charge in [0.25, 0.3) is 5.91 Å². The molecule has 4 aromatic rings. The van der Waals surface area contributed by atoms with Crippen LogP contribution in [0, 0.1) is 5.92 Å². The number of nitrogens with one attached hydrogen (secondary N) is 1. The van der Waals surface area contributed by atoms with Gasteiger partial charge in [0, 0.05) is 44.4 Å². The van der Waals surface area contributed by atoms with Crippen molar-refractivity contribution in [2.45, 2.75) is 19.4 Å². The van der Waals surface area contributed by atoms with Crippen molar-refractivity contribution in [3.63, 3.8) is 0 Å². The van der Waals surface area contributed by atoms with Gasteiger partial charge in [-0.2, -0.15) is 5.10 Å². The van der Waals surface area contributed by atoms with Gasteiger partial charge in [0.1, 0.15) is 5.56 Å². The molecule has 5 rings (SSSR count). The fourth-order valence-electron chi connectivity index (χ4n) is 4.36. The van der Waals surface area contributed by atoms with Crippen molar-refractivity contribution in [1.29, 1.82) is 0 Å². The zero-order valence-electron chi connectivity index (χ0n) is 18.7. The second-order valence-corrected chi connectivity index (χ2v) is 8.39. The molecule has 1 fully saturated rings. The summed E-state index contributed by atoms with van der Waals surface area (Å²) in [5.41, 5.74) is 2.33. The lowest BCUT2D eigenvalue weighted by Crippen LogP contribution is -2.45. The van der Waals surface area contributed by atoms with E-state index in [0.29, 0.717) is 31.0 Å². The summed E-state index contributed by atoms with van der Waals surface area (Å²) in [5, 5.41) is 7.53. The number of amides is 2. The Balaban J connectivity index is 1.35. The summed E-state index contributed by atoms with van der Waals surface area (Å²) in [5.74, 6) is 0.292. The third-order valence-corrected chi connectivity index (χ3v) is 6.09. The van der Waals surface area contributed by atoms with Gasteiger partial charge < -0.3 is 14.8 Å². The summed E-state index contributed by atoms with van der Waals surface area (Å²) >= 11 is 0. The lowest BCUT2D eigenvalue weighted by molar-refractivity contribution is -0.126. The van der Waals surface area contributed by atoms with E-state index in [1.807, 2.05) is 71.6 Å². The normalized spacial score (nSPS) is 15.8. The minimum atomic E-state index is -0.242. The van der Waals surface area contributed by atoms with Gasteiger partial charge in [-0.1, -0.05) is 24.3 Å². The molecule has 1 aliphatic heterocycles. The zero-order chi connectivity index (χ0) is 23.3. The van der Waals surface area contributed by atoms with E-state index in [0.717, 1.165) is 24.1 Å². The quantitative estimate of drug-likeness (QED) is 0.485. The van der Waals surface area contributed by atoms with E-state index in [2.05, 4.69) is 15.4 Å². The number of para-hydroxylation sites is 1. The fraction of sp³-hybridized carbons (Fsp3) is 0.231. The van der Waals surface area contributed by atoms with Crippen molar-refractivity contribution >= 4 is 11.8 Å². The van der Waals surface area contributed by atoms with E-state index in [4.69, 9.17) is 0 Å². The molecule has 8 nitrogen and oxygen atoms in total. The van der Waals surface area contributed by atoms with Crippen LogP contribution in [0.2, 0.25) is 0 Å². The average Bonchev–Trinajstić information content (AvgIpc) is 3.58. The van der Waals surface area contributed by atoms with Gasteiger partial charge in [0.2, 0.25) is 5.91 Å². The summed E-state index contributed by atoms with van der Waals surface area (Å²) in [6, 6.07) is 17.4. The van der Waals surface area contributed by atoms with E-state index in [1.54, 1.807) is 28.2 Å². The molecule has 1 aromatic carbocycles. The van der Waals surface area contributed by atoms with E-state index in [-0.39, 0.29) is 17.7 Å². The summed E-state index contributed by atoms with van der Waals surface area (Å²) in [6.45, 7) is 1.44. The Morgan fingerprint density at radius 2 is 1.82 bits per heavy atom. The number of hydrogen-bond donors (Lipinski definition) is 1. The predicted molar refractivity (Wildman–Crippen MR) is 128 cm³/mol. The predicted octanol–water partition coefficient (Wildman–Crippen LogP) is 3.23. The number of benzene rings is 1. The number of hydrogen-bond acceptors (Lipinski definition) is 4. The number of pyridine rings is 1. The van der Waals surface area contributed by atoms with Crippen LogP contribution in [0.5, 0.6) is 0 Å². The lowest BCUT2D eigenvalue weighted by atomic mass is 9.96. The lowest BCUT2D eigenvalue weighted by Gasteiger charge is -2.32. The molecular formula is C26H26N6O2. The van der Waals surface area contributed by atoms with Crippen LogP contribution < -0.4 is 5.32 Å². The molecule has 1 aliphatic rings. The van der Waals surface area contributed by atoms with Gasteiger partial charge in [0.15, 0.2) is 5.82 Å². The van der Waals surface area contributed by atoms with Crippen molar-refractivity contribution in [2.75, 3.05) is 13.1 Å². The molecule has 4 heterocycles. The molecule has 1 saturated heterocycles. The summed E-state index contributed by atoms with van der Waals surface area (Å²) in [6.07, 6.45) is 10.4. The molecule has 0 spiro atoms. The Morgan fingerprint density at radius 1 is 1.00 bits per heavy atom. The number of rotatable bonds is 6. The van der Waals surface area contributed by atoms with Gasteiger partial charge in [-0.25, -0.2) is 4.68 Å². The Hall–Kier alpha value is -4.20. The second kappa shape index (κ2) is 9.74. The molecule has 0 radical (unpaired) electrons. The largest absolute Gasteiger partial charge is 0.352 e. The van der Waals surface area contributed by atoms with Crippen LogP contribution >= 0.6 is 0 Å². The van der Waals surface area contributed by atoms with E-state index >= 15 is 0 Å². The highest BCUT2D eigenvalue weighted by atomic mass is 16.2. The van der Waals surface area contributed by atoms with Crippen molar-refractivity contribution in [3.8, 4) is 11.5 Å². The van der Waals surface area contributed by atoms with Crippen molar-refractivity contribution < 1.29 is 9.59 Å². The number of aromatic nitrogens is 4. The van der Waals surface area contributed by atoms with Crippen LogP contribution in [0.25, 0.3) is 11.5 Å². The summed E-state index contributed by atoms with van der Waals surface area (Å²) in [7, 11) is 0. The number of piperidine rings is 1. The molecule has 1 atom stereocenters. The van der Waals surface area contributed by atoms with Crippen molar-refractivity contribution in [3.05, 3.63) is 96.7 Å². The smallest absolute Gasteiger partial charge is 0.259 e. The Labute approximate surface area is 197 Å². The van der Waals surface area contributed by atoms with Crippen molar-refractivity contribution in [2.24, 2.45) is 5.92 Å². The fourth-order valence-corrected chi connectivity index (χ4v) is 4.36. The monoisotopic (exact) mass is 454 g/mol. The standard InChI is InChI=1S/C26H26N6O2/c33-24(28-17-20-8-6-12-27-16-20)21-9-7-15-31(19-21)26(34)23-18-29-32(22-10-2-1-3-11-22)25(23)30-13-4-5-14-30/h1-6,8,10-14,16,18,21H,7,9,15,17,19H2,(H,28,33)/t21-/m0/s1. The van der Waals surface area contributed by atoms with Crippen LogP contribution in [-0.4, -0.2) is 49.1 Å². The SMILES string of the molecule is O=C(NCc1cccnc1)[C@H]1CCCN(C(=O)c2cnn(-c3ccccc3)c2-n2cccc2)C1. The van der Waals surface area contributed by atoms with Crippen LogP contribution in [0.3, 0.4) is 0 Å². The van der Waals surface area contributed by atoms with Gasteiger partial charge in [-0.05, 0) is 48.7 Å². The van der Waals surface area contributed by atoms with Gasteiger partial charge in [-0.15, -0.1) is 0 Å². The van der Waals surface area contributed by atoms with Gasteiger partial charge >= 0.3 is 0 Å². The molecule has 0 aliphatic carbocycles. The highest BCUT2D eigenvalue weighted by Crippen LogP contribution is 2.24. The maximum atomic E-state index is 13.6. The minimum Gasteiger partial charge on any atom is -0.352 e. The molecular weight excluding hydrogens is 428 g/mol. The number of carbonyl (C=O) groups excluding carboxylic acids is 2. The average molecular weight is 455 g/mol. The van der Waals surface area contributed by atoms with Crippen molar-refractivity contribution in [1.82, 2.24) is 29.5 Å². The van der Waals surface area contributed by atoms with E-state index in [1.165, 1.54) is 0 Å². The zero-order valence-corrected chi connectivity index (χ0v) is 18.7. The van der Waals surface area contributed by atoms with Crippen LogP contribution in [0.1, 0.15) is 28.8 Å². The van der Waals surface area contributed by atoms with Crippen LogP contribution in [0.15, 0.2) is 85.6 Å². The molecule has 2 amide bonds. The topological polar surface area (TPSA) is 85.1 Å². The second-order valence-electron chi connectivity index (χ2n) is 8.39. The number of nitrogens with zero attached hydrogens (tertiary/aromatic N) is 5. The molecule has 0 unspecified atom stereocenters. The first-order chi connectivity index (χ1) is 16.7. The molecule has 3 aromatic heterocycles. The highest BCUT2D eigenvalue weighted by Gasteiger charge is 2.31. The summed E-state index contributed by atoms with van der Waals surface area (Å²) in [4.78, 5) is 32.3. The first-order valence-electron chi connectivity index (χ1n) is 11.4.